The van der Waals surface area contributed by atoms with Crippen LogP contribution >= 0.6 is 23.4 Å². The van der Waals surface area contributed by atoms with Gasteiger partial charge in [0.25, 0.3) is 0 Å². The standard InChI is InChI=1S/C24H30ClN5O2S/c1-17-5-6-20(19(25)15-17)26-22(31)16-33-23-8-7-21(27-28-23)29-13-9-18(10-14-29)24(32)30-11-3-2-4-12-30/h5-8,15,18H,2-4,9-14,16H2,1H3,(H,26,31). The van der Waals surface area contributed by atoms with Crippen LogP contribution < -0.4 is 10.2 Å². The molecule has 2 aliphatic rings. The highest BCUT2D eigenvalue weighted by Crippen LogP contribution is 2.26. The molecule has 9 heteroatoms. The Morgan fingerprint density at radius 2 is 1.82 bits per heavy atom. The molecule has 3 heterocycles. The Bertz CT molecular complexity index is 973. The molecule has 33 heavy (non-hydrogen) atoms. The van der Waals surface area contributed by atoms with E-state index in [9.17, 15) is 9.59 Å². The number of nitrogens with one attached hydrogen (secondary N) is 1. The molecule has 2 aliphatic heterocycles. The molecule has 1 aromatic carbocycles. The van der Waals surface area contributed by atoms with E-state index in [1.165, 1.54) is 18.2 Å². The number of thioether (sulfide) groups is 1. The lowest BCUT2D eigenvalue weighted by atomic mass is 9.94. The summed E-state index contributed by atoms with van der Waals surface area (Å²) in [5.41, 5.74) is 1.65. The van der Waals surface area contributed by atoms with Gasteiger partial charge in [-0.3, -0.25) is 9.59 Å². The number of anilines is 2. The van der Waals surface area contributed by atoms with Crippen LogP contribution in [0.15, 0.2) is 35.4 Å². The van der Waals surface area contributed by atoms with E-state index < -0.39 is 0 Å². The summed E-state index contributed by atoms with van der Waals surface area (Å²) in [6.07, 6.45) is 5.21. The van der Waals surface area contributed by atoms with Crippen LogP contribution in [0.3, 0.4) is 0 Å². The van der Waals surface area contributed by atoms with Crippen LogP contribution in [0.5, 0.6) is 0 Å². The molecule has 2 saturated heterocycles. The molecule has 0 atom stereocenters. The monoisotopic (exact) mass is 487 g/mol. The number of amides is 2. The first-order valence-electron chi connectivity index (χ1n) is 11.6. The second-order valence-electron chi connectivity index (χ2n) is 8.70. The molecule has 1 aromatic heterocycles. The van der Waals surface area contributed by atoms with Crippen LogP contribution in [-0.2, 0) is 9.59 Å². The number of aromatic nitrogens is 2. The Hall–Kier alpha value is -2.32. The van der Waals surface area contributed by atoms with E-state index in [1.807, 2.05) is 31.2 Å². The number of hydrogen-bond acceptors (Lipinski definition) is 6. The average molecular weight is 488 g/mol. The number of hydrogen-bond donors (Lipinski definition) is 1. The molecule has 2 fully saturated rings. The summed E-state index contributed by atoms with van der Waals surface area (Å²) in [5.74, 6) is 1.36. The molecule has 1 N–H and O–H groups in total. The highest BCUT2D eigenvalue weighted by atomic mass is 35.5. The lowest BCUT2D eigenvalue weighted by molar-refractivity contribution is -0.137. The summed E-state index contributed by atoms with van der Waals surface area (Å²) >= 11 is 7.51. The van der Waals surface area contributed by atoms with Gasteiger partial charge in [0, 0.05) is 32.1 Å². The van der Waals surface area contributed by atoms with Crippen molar-refractivity contribution < 1.29 is 9.59 Å². The number of nitrogens with zero attached hydrogens (tertiary/aromatic N) is 4. The zero-order chi connectivity index (χ0) is 23.2. The zero-order valence-corrected chi connectivity index (χ0v) is 20.5. The highest BCUT2D eigenvalue weighted by Gasteiger charge is 2.29. The number of piperidine rings is 2. The van der Waals surface area contributed by atoms with Crippen LogP contribution in [-0.4, -0.2) is 58.8 Å². The third kappa shape index (κ3) is 6.38. The Labute approximate surface area is 204 Å². The van der Waals surface area contributed by atoms with Crippen LogP contribution in [0, 0.1) is 12.8 Å². The molecular weight excluding hydrogens is 458 g/mol. The van der Waals surface area contributed by atoms with Crippen LogP contribution in [0.1, 0.15) is 37.7 Å². The quantitative estimate of drug-likeness (QED) is 0.608. The molecule has 0 saturated carbocycles. The molecule has 0 bridgehead atoms. The lowest BCUT2D eigenvalue weighted by Gasteiger charge is -2.35. The van der Waals surface area contributed by atoms with E-state index >= 15 is 0 Å². The summed E-state index contributed by atoms with van der Waals surface area (Å²) in [4.78, 5) is 29.3. The van der Waals surface area contributed by atoms with Gasteiger partial charge in [-0.25, -0.2) is 0 Å². The third-order valence-electron chi connectivity index (χ3n) is 6.21. The number of carbonyl (C=O) groups is 2. The van der Waals surface area contributed by atoms with Crippen molar-refractivity contribution in [3.8, 4) is 0 Å². The minimum absolute atomic E-state index is 0.127. The first-order valence-corrected chi connectivity index (χ1v) is 12.9. The fourth-order valence-electron chi connectivity index (χ4n) is 4.33. The van der Waals surface area contributed by atoms with Crippen molar-refractivity contribution in [3.63, 3.8) is 0 Å². The van der Waals surface area contributed by atoms with Gasteiger partial charge >= 0.3 is 0 Å². The van der Waals surface area contributed by atoms with Crippen molar-refractivity contribution in [1.82, 2.24) is 15.1 Å². The van der Waals surface area contributed by atoms with E-state index in [0.717, 1.165) is 63.2 Å². The van der Waals surface area contributed by atoms with Crippen LogP contribution in [0.2, 0.25) is 5.02 Å². The van der Waals surface area contributed by atoms with E-state index in [1.54, 1.807) is 6.07 Å². The highest BCUT2D eigenvalue weighted by molar-refractivity contribution is 7.99. The van der Waals surface area contributed by atoms with Crippen molar-refractivity contribution in [2.75, 3.05) is 42.1 Å². The van der Waals surface area contributed by atoms with Gasteiger partial charge in [-0.05, 0) is 68.9 Å². The van der Waals surface area contributed by atoms with E-state index in [-0.39, 0.29) is 17.6 Å². The number of likely N-dealkylation sites (tertiary alicyclic amines) is 1. The third-order valence-corrected chi connectivity index (χ3v) is 7.44. The molecule has 2 amide bonds. The van der Waals surface area contributed by atoms with Gasteiger partial charge in [-0.1, -0.05) is 29.4 Å². The lowest BCUT2D eigenvalue weighted by Crippen LogP contribution is -2.44. The van der Waals surface area contributed by atoms with Gasteiger partial charge in [0.05, 0.1) is 16.5 Å². The largest absolute Gasteiger partial charge is 0.355 e. The molecule has 7 nitrogen and oxygen atoms in total. The maximum atomic E-state index is 12.8. The van der Waals surface area contributed by atoms with Crippen LogP contribution in [0.4, 0.5) is 11.5 Å². The first kappa shape index (κ1) is 23.8. The Kier molecular flexibility index (Phi) is 8.09. The predicted octanol–water partition coefficient (Wildman–Crippen LogP) is 4.40. The van der Waals surface area contributed by atoms with Gasteiger partial charge in [0.2, 0.25) is 11.8 Å². The molecule has 0 radical (unpaired) electrons. The first-order chi connectivity index (χ1) is 16.0. The molecule has 0 aliphatic carbocycles. The molecule has 2 aromatic rings. The minimum atomic E-state index is -0.142. The number of aryl methyl sites for hydroxylation is 1. The number of rotatable bonds is 6. The maximum absolute atomic E-state index is 12.8. The van der Waals surface area contributed by atoms with Crippen molar-refractivity contribution in [3.05, 3.63) is 40.9 Å². The smallest absolute Gasteiger partial charge is 0.234 e. The van der Waals surface area contributed by atoms with Crippen LogP contribution in [0.25, 0.3) is 0 Å². The SMILES string of the molecule is Cc1ccc(NC(=O)CSc2ccc(N3CCC(C(=O)N4CCCCC4)CC3)nn2)c(Cl)c1. The van der Waals surface area contributed by atoms with E-state index in [4.69, 9.17) is 11.6 Å². The zero-order valence-electron chi connectivity index (χ0n) is 18.9. The second kappa shape index (κ2) is 11.2. The van der Waals surface area contributed by atoms with Gasteiger partial charge in [0.15, 0.2) is 5.82 Å². The summed E-state index contributed by atoms with van der Waals surface area (Å²) in [5, 5.41) is 12.7. The van der Waals surface area contributed by atoms with E-state index in [0.29, 0.717) is 21.6 Å². The molecule has 176 valence electrons. The normalized spacial score (nSPS) is 17.2. The Morgan fingerprint density at radius 1 is 1.06 bits per heavy atom. The minimum Gasteiger partial charge on any atom is -0.355 e. The maximum Gasteiger partial charge on any atom is 0.234 e. The van der Waals surface area contributed by atoms with Gasteiger partial charge in [-0.15, -0.1) is 10.2 Å². The Balaban J connectivity index is 1.23. The number of benzene rings is 1. The second-order valence-corrected chi connectivity index (χ2v) is 10.1. The van der Waals surface area contributed by atoms with Crippen molar-refractivity contribution in [2.24, 2.45) is 5.92 Å². The van der Waals surface area contributed by atoms with Crippen molar-refractivity contribution in [1.29, 1.82) is 0 Å². The predicted molar refractivity (Wildman–Crippen MR) is 133 cm³/mol. The summed E-state index contributed by atoms with van der Waals surface area (Å²) < 4.78 is 0. The molecule has 4 rings (SSSR count). The molecule has 0 spiro atoms. The van der Waals surface area contributed by atoms with Gasteiger partial charge in [-0.2, -0.15) is 0 Å². The summed E-state index contributed by atoms with van der Waals surface area (Å²) in [6.45, 7) is 5.41. The van der Waals surface area contributed by atoms with Crippen molar-refractivity contribution >= 4 is 46.7 Å². The van der Waals surface area contributed by atoms with E-state index in [2.05, 4.69) is 25.3 Å². The van der Waals surface area contributed by atoms with Gasteiger partial charge < -0.3 is 15.1 Å². The average Bonchev–Trinajstić information content (AvgIpc) is 2.85. The van der Waals surface area contributed by atoms with Gasteiger partial charge in [0.1, 0.15) is 5.03 Å². The summed E-state index contributed by atoms with van der Waals surface area (Å²) in [7, 11) is 0. The summed E-state index contributed by atoms with van der Waals surface area (Å²) in [6, 6.07) is 9.37. The fraction of sp³-hybridized carbons (Fsp3) is 0.500. The molecule has 0 unspecified atom stereocenters. The number of halogens is 1. The number of carbonyl (C=O) groups excluding carboxylic acids is 2. The fourth-order valence-corrected chi connectivity index (χ4v) is 5.23. The molecular formula is C24H30ClN5O2S. The Morgan fingerprint density at radius 3 is 2.48 bits per heavy atom. The topological polar surface area (TPSA) is 78.4 Å². The van der Waals surface area contributed by atoms with Crippen molar-refractivity contribution in [2.45, 2.75) is 44.1 Å².